The highest BCUT2D eigenvalue weighted by Crippen LogP contribution is 2.30. The van der Waals surface area contributed by atoms with E-state index in [9.17, 15) is 0 Å². The Labute approximate surface area is 109 Å². The van der Waals surface area contributed by atoms with Gasteiger partial charge in [-0.2, -0.15) is 0 Å². The second kappa shape index (κ2) is 5.21. The molecule has 4 heteroatoms. The predicted octanol–water partition coefficient (Wildman–Crippen LogP) is 3.67. The summed E-state index contributed by atoms with van der Waals surface area (Å²) in [6, 6.07) is 5.96. The molecular weight excluding hydrogens is 289 g/mol. The zero-order valence-electron chi connectivity index (χ0n) is 8.97. The Kier molecular flexibility index (Phi) is 3.90. The smallest absolute Gasteiger partial charge is 0.114 e. The van der Waals surface area contributed by atoms with E-state index in [1.54, 1.807) is 0 Å². The Bertz CT molecular complexity index is 399. The lowest BCUT2D eigenvalue weighted by Gasteiger charge is -2.18. The van der Waals surface area contributed by atoms with Crippen LogP contribution in [-0.4, -0.2) is 13.7 Å². The maximum atomic E-state index is 6.04. The molecule has 0 aliphatic carbocycles. The van der Waals surface area contributed by atoms with E-state index >= 15 is 0 Å². The molecule has 0 saturated heterocycles. The van der Waals surface area contributed by atoms with Crippen molar-refractivity contribution in [2.45, 2.75) is 12.5 Å². The van der Waals surface area contributed by atoms with E-state index in [4.69, 9.17) is 16.3 Å². The van der Waals surface area contributed by atoms with E-state index in [0.29, 0.717) is 0 Å². The first-order valence-electron chi connectivity index (χ1n) is 5.17. The molecule has 0 bridgehead atoms. The molecule has 1 unspecified atom stereocenters. The second-order valence-electron chi connectivity index (χ2n) is 3.67. The molecule has 0 radical (unpaired) electrons. The number of likely N-dealkylation sites (N-methyl/N-ethyl adjacent to an activating group) is 1. The monoisotopic (exact) mass is 301 g/mol. The predicted molar refractivity (Wildman–Crippen MR) is 69.6 cm³/mol. The third-order valence-electron chi connectivity index (χ3n) is 2.52. The fourth-order valence-electron chi connectivity index (χ4n) is 1.85. The number of ether oxygens (including phenoxy) is 1. The van der Waals surface area contributed by atoms with Gasteiger partial charge in [-0.05, 0) is 36.9 Å². The standard InChI is InChI=1S/C12H13BrClNO/c1-15-12(11-3-2-4-16-11)8-5-9(13)7-10(14)6-8/h3,5-7,12,15H,2,4H2,1H3. The van der Waals surface area contributed by atoms with Gasteiger partial charge in [0.05, 0.1) is 12.6 Å². The van der Waals surface area contributed by atoms with Gasteiger partial charge in [-0.15, -0.1) is 0 Å². The molecule has 86 valence electrons. The molecule has 16 heavy (non-hydrogen) atoms. The lowest BCUT2D eigenvalue weighted by molar-refractivity contribution is 0.218. The van der Waals surface area contributed by atoms with Crippen molar-refractivity contribution < 1.29 is 4.74 Å². The highest BCUT2D eigenvalue weighted by molar-refractivity contribution is 9.10. The van der Waals surface area contributed by atoms with Crippen molar-refractivity contribution in [3.8, 4) is 0 Å². The minimum absolute atomic E-state index is 0.0810. The van der Waals surface area contributed by atoms with Crippen LogP contribution in [0.3, 0.4) is 0 Å². The van der Waals surface area contributed by atoms with Gasteiger partial charge in [0.2, 0.25) is 0 Å². The Morgan fingerprint density at radius 1 is 1.44 bits per heavy atom. The van der Waals surface area contributed by atoms with Gasteiger partial charge in [-0.3, -0.25) is 0 Å². The van der Waals surface area contributed by atoms with Crippen LogP contribution in [0.2, 0.25) is 5.02 Å². The Morgan fingerprint density at radius 3 is 2.81 bits per heavy atom. The third-order valence-corrected chi connectivity index (χ3v) is 3.20. The topological polar surface area (TPSA) is 21.3 Å². The van der Waals surface area contributed by atoms with E-state index in [2.05, 4.69) is 33.4 Å². The SMILES string of the molecule is CNC(C1=CCCO1)c1cc(Cl)cc(Br)c1. The highest BCUT2D eigenvalue weighted by atomic mass is 79.9. The largest absolute Gasteiger partial charge is 0.496 e. The fraction of sp³-hybridized carbons (Fsp3) is 0.333. The Balaban J connectivity index is 2.32. The van der Waals surface area contributed by atoms with Crippen molar-refractivity contribution in [1.29, 1.82) is 0 Å². The van der Waals surface area contributed by atoms with Crippen LogP contribution in [0.4, 0.5) is 0 Å². The molecule has 1 aromatic rings. The average molecular weight is 303 g/mol. The Morgan fingerprint density at radius 2 is 2.25 bits per heavy atom. The second-order valence-corrected chi connectivity index (χ2v) is 5.02. The number of nitrogens with one attached hydrogen (secondary N) is 1. The summed E-state index contributed by atoms with van der Waals surface area (Å²) < 4.78 is 6.56. The number of benzene rings is 1. The van der Waals surface area contributed by atoms with Gasteiger partial charge in [0.15, 0.2) is 0 Å². The van der Waals surface area contributed by atoms with E-state index < -0.39 is 0 Å². The summed E-state index contributed by atoms with van der Waals surface area (Å²) in [5, 5.41) is 3.97. The maximum absolute atomic E-state index is 6.04. The summed E-state index contributed by atoms with van der Waals surface area (Å²) in [6.07, 6.45) is 3.10. The molecule has 0 amide bonds. The third kappa shape index (κ3) is 2.59. The van der Waals surface area contributed by atoms with Gasteiger partial charge in [0.1, 0.15) is 5.76 Å². The lowest BCUT2D eigenvalue weighted by Crippen LogP contribution is -2.19. The zero-order chi connectivity index (χ0) is 11.5. The van der Waals surface area contributed by atoms with Crippen LogP contribution < -0.4 is 5.32 Å². The van der Waals surface area contributed by atoms with Gasteiger partial charge in [0.25, 0.3) is 0 Å². The minimum atomic E-state index is 0.0810. The normalized spacial score (nSPS) is 16.8. The lowest BCUT2D eigenvalue weighted by atomic mass is 10.1. The fourth-order valence-corrected chi connectivity index (χ4v) is 2.74. The van der Waals surface area contributed by atoms with Crippen molar-refractivity contribution >= 4 is 27.5 Å². The molecular formula is C12H13BrClNO. The zero-order valence-corrected chi connectivity index (χ0v) is 11.3. The van der Waals surface area contributed by atoms with E-state index in [1.807, 2.05) is 19.2 Å². The molecule has 0 spiro atoms. The number of rotatable bonds is 3. The van der Waals surface area contributed by atoms with Crippen LogP contribution in [0.15, 0.2) is 34.5 Å². The average Bonchev–Trinajstić information content (AvgIpc) is 2.70. The summed E-state index contributed by atoms with van der Waals surface area (Å²) >= 11 is 9.49. The van der Waals surface area contributed by atoms with E-state index in [1.165, 1.54) is 0 Å². The van der Waals surface area contributed by atoms with Crippen LogP contribution in [0.5, 0.6) is 0 Å². The van der Waals surface area contributed by atoms with Crippen molar-refractivity contribution in [2.75, 3.05) is 13.7 Å². The first-order valence-corrected chi connectivity index (χ1v) is 6.34. The van der Waals surface area contributed by atoms with Crippen molar-refractivity contribution in [3.63, 3.8) is 0 Å². The van der Waals surface area contributed by atoms with Crippen LogP contribution in [0, 0.1) is 0 Å². The van der Waals surface area contributed by atoms with Gasteiger partial charge < -0.3 is 10.1 Å². The van der Waals surface area contributed by atoms with Crippen molar-refractivity contribution in [3.05, 3.63) is 45.1 Å². The van der Waals surface area contributed by atoms with E-state index in [-0.39, 0.29) is 6.04 Å². The number of hydrogen-bond acceptors (Lipinski definition) is 2. The molecule has 1 aromatic carbocycles. The van der Waals surface area contributed by atoms with Gasteiger partial charge in [-0.1, -0.05) is 27.5 Å². The van der Waals surface area contributed by atoms with Gasteiger partial charge in [0, 0.05) is 15.9 Å². The van der Waals surface area contributed by atoms with Crippen LogP contribution in [0.25, 0.3) is 0 Å². The quantitative estimate of drug-likeness (QED) is 0.920. The molecule has 1 aliphatic heterocycles. The molecule has 1 heterocycles. The van der Waals surface area contributed by atoms with Crippen LogP contribution in [-0.2, 0) is 4.74 Å². The molecule has 1 aliphatic rings. The van der Waals surface area contributed by atoms with Crippen LogP contribution >= 0.6 is 27.5 Å². The minimum Gasteiger partial charge on any atom is -0.496 e. The summed E-state index contributed by atoms with van der Waals surface area (Å²) in [5.41, 5.74) is 1.11. The maximum Gasteiger partial charge on any atom is 0.114 e. The molecule has 0 aromatic heterocycles. The van der Waals surface area contributed by atoms with Crippen molar-refractivity contribution in [2.24, 2.45) is 0 Å². The molecule has 1 atom stereocenters. The molecule has 0 fully saturated rings. The first-order chi connectivity index (χ1) is 7.70. The van der Waals surface area contributed by atoms with Gasteiger partial charge >= 0.3 is 0 Å². The molecule has 2 nitrogen and oxygen atoms in total. The summed E-state index contributed by atoms with van der Waals surface area (Å²) in [6.45, 7) is 0.773. The highest BCUT2D eigenvalue weighted by Gasteiger charge is 2.19. The summed E-state index contributed by atoms with van der Waals surface area (Å²) in [5.74, 6) is 0.983. The van der Waals surface area contributed by atoms with Crippen molar-refractivity contribution in [1.82, 2.24) is 5.32 Å². The van der Waals surface area contributed by atoms with Crippen LogP contribution in [0.1, 0.15) is 18.0 Å². The summed E-state index contributed by atoms with van der Waals surface area (Å²) in [7, 11) is 1.92. The summed E-state index contributed by atoms with van der Waals surface area (Å²) in [4.78, 5) is 0. The first kappa shape index (κ1) is 12.0. The number of halogens is 2. The molecule has 2 rings (SSSR count). The molecule has 1 N–H and O–H groups in total. The van der Waals surface area contributed by atoms with Gasteiger partial charge in [-0.25, -0.2) is 0 Å². The number of hydrogen-bond donors (Lipinski definition) is 1. The molecule has 0 saturated carbocycles. The van der Waals surface area contributed by atoms with E-state index in [0.717, 1.165) is 33.8 Å². The Hall–Kier alpha value is -0.510.